The molecule has 300 valence electrons. The number of amides is 1. The van der Waals surface area contributed by atoms with Gasteiger partial charge in [0, 0.05) is 6.42 Å². The molecule has 51 heavy (non-hydrogen) atoms. The van der Waals surface area contributed by atoms with Crippen LogP contribution < -0.4 is 5.32 Å². The Morgan fingerprint density at radius 1 is 0.647 bits per heavy atom. The molecule has 0 radical (unpaired) electrons. The van der Waals surface area contributed by atoms with Gasteiger partial charge in [-0.3, -0.25) is 13.8 Å². The average molecular weight is 742 g/mol. The van der Waals surface area contributed by atoms with Gasteiger partial charge in [-0.1, -0.05) is 159 Å². The van der Waals surface area contributed by atoms with E-state index in [1.807, 2.05) is 27.2 Å². The Hall–Kier alpha value is -1.28. The molecule has 9 heteroatoms. The summed E-state index contributed by atoms with van der Waals surface area (Å²) in [6, 6.07) is -0.863. The molecular weight excluding hydrogens is 659 g/mol. The van der Waals surface area contributed by atoms with Gasteiger partial charge < -0.3 is 19.8 Å². The minimum Gasteiger partial charge on any atom is -0.387 e. The van der Waals surface area contributed by atoms with Crippen LogP contribution in [0.4, 0.5) is 0 Å². The lowest BCUT2D eigenvalue weighted by Gasteiger charge is -2.25. The Labute approximate surface area is 315 Å². The van der Waals surface area contributed by atoms with Crippen molar-refractivity contribution in [2.75, 3.05) is 40.9 Å². The topological polar surface area (TPSA) is 105 Å². The summed E-state index contributed by atoms with van der Waals surface area (Å²) in [7, 11) is 1.54. The van der Waals surface area contributed by atoms with Crippen molar-refractivity contribution >= 4 is 13.7 Å². The summed E-state index contributed by atoms with van der Waals surface area (Å²) >= 11 is 0. The second-order valence-corrected chi connectivity index (χ2v) is 16.8. The number of phosphoric ester groups is 1. The van der Waals surface area contributed by atoms with Crippen molar-refractivity contribution in [3.8, 4) is 0 Å². The van der Waals surface area contributed by atoms with E-state index in [0.29, 0.717) is 17.4 Å². The molecule has 0 heterocycles. The van der Waals surface area contributed by atoms with Crippen molar-refractivity contribution < 1.29 is 32.9 Å². The van der Waals surface area contributed by atoms with Crippen LogP contribution >= 0.6 is 7.82 Å². The number of aliphatic hydroxyl groups is 1. The molecule has 0 rings (SSSR count). The Morgan fingerprint density at radius 2 is 1.08 bits per heavy atom. The number of carbonyl (C=O) groups is 1. The van der Waals surface area contributed by atoms with Gasteiger partial charge in [-0.15, -0.1) is 0 Å². The number of quaternary nitrogens is 1. The molecule has 3 atom stereocenters. The number of aliphatic hydroxyl groups excluding tert-OH is 1. The van der Waals surface area contributed by atoms with Gasteiger partial charge in [0.15, 0.2) is 0 Å². The summed E-state index contributed by atoms with van der Waals surface area (Å²) in [6.45, 7) is 4.70. The number of carbonyl (C=O) groups excluding carboxylic acids is 1. The molecule has 8 nitrogen and oxygen atoms in total. The van der Waals surface area contributed by atoms with E-state index in [1.165, 1.54) is 109 Å². The van der Waals surface area contributed by atoms with Crippen LogP contribution in [0.15, 0.2) is 36.5 Å². The highest BCUT2D eigenvalue weighted by molar-refractivity contribution is 7.47. The van der Waals surface area contributed by atoms with Gasteiger partial charge in [-0.05, 0) is 44.9 Å². The van der Waals surface area contributed by atoms with Gasteiger partial charge in [-0.2, -0.15) is 0 Å². The first-order chi connectivity index (χ1) is 24.5. The van der Waals surface area contributed by atoms with Crippen LogP contribution in [-0.4, -0.2) is 73.4 Å². The lowest BCUT2D eigenvalue weighted by molar-refractivity contribution is -0.870. The van der Waals surface area contributed by atoms with Crippen molar-refractivity contribution in [1.29, 1.82) is 0 Å². The van der Waals surface area contributed by atoms with Gasteiger partial charge in [0.05, 0.1) is 39.9 Å². The molecule has 0 fully saturated rings. The van der Waals surface area contributed by atoms with Crippen molar-refractivity contribution in [1.82, 2.24) is 5.32 Å². The number of hydrogen-bond donors (Lipinski definition) is 3. The highest BCUT2D eigenvalue weighted by Crippen LogP contribution is 2.43. The summed E-state index contributed by atoms with van der Waals surface area (Å²) in [4.78, 5) is 22.8. The molecule has 1 amide bonds. The largest absolute Gasteiger partial charge is 0.472 e. The molecule has 0 spiro atoms. The van der Waals surface area contributed by atoms with E-state index in [9.17, 15) is 19.4 Å². The number of nitrogens with zero attached hydrogens (tertiary/aromatic N) is 1. The fourth-order valence-electron chi connectivity index (χ4n) is 5.72. The zero-order chi connectivity index (χ0) is 37.9. The van der Waals surface area contributed by atoms with Crippen molar-refractivity contribution in [2.45, 2.75) is 187 Å². The van der Waals surface area contributed by atoms with Crippen molar-refractivity contribution in [3.63, 3.8) is 0 Å². The summed E-state index contributed by atoms with van der Waals surface area (Å²) < 4.78 is 23.4. The van der Waals surface area contributed by atoms with Crippen LogP contribution in [0.25, 0.3) is 0 Å². The van der Waals surface area contributed by atoms with Crippen molar-refractivity contribution in [2.24, 2.45) is 0 Å². The van der Waals surface area contributed by atoms with E-state index in [1.54, 1.807) is 6.08 Å². The Bertz CT molecular complexity index is 933. The highest BCUT2D eigenvalue weighted by atomic mass is 31.2. The van der Waals surface area contributed by atoms with E-state index in [-0.39, 0.29) is 19.1 Å². The fourth-order valence-corrected chi connectivity index (χ4v) is 6.45. The van der Waals surface area contributed by atoms with E-state index in [2.05, 4.69) is 43.5 Å². The first-order valence-corrected chi connectivity index (χ1v) is 22.4. The Balaban J connectivity index is 4.32. The molecule has 0 bridgehead atoms. The number of nitrogens with one attached hydrogen (secondary N) is 1. The first-order valence-electron chi connectivity index (χ1n) is 20.9. The van der Waals surface area contributed by atoms with Gasteiger partial charge in [-0.25, -0.2) is 4.57 Å². The second-order valence-electron chi connectivity index (χ2n) is 15.4. The summed E-state index contributed by atoms with van der Waals surface area (Å²) in [5.41, 5.74) is 0. The molecule has 0 aromatic heterocycles. The third-order valence-corrected chi connectivity index (χ3v) is 10.1. The molecule has 0 saturated carbocycles. The minimum absolute atomic E-state index is 0.0537. The van der Waals surface area contributed by atoms with Gasteiger partial charge in [0.1, 0.15) is 13.2 Å². The highest BCUT2D eigenvalue weighted by Gasteiger charge is 2.27. The van der Waals surface area contributed by atoms with Crippen LogP contribution in [0.5, 0.6) is 0 Å². The third-order valence-electron chi connectivity index (χ3n) is 9.09. The van der Waals surface area contributed by atoms with E-state index in [0.717, 1.165) is 44.9 Å². The molecule has 0 aromatic rings. The van der Waals surface area contributed by atoms with Crippen LogP contribution in [0, 0.1) is 0 Å². The average Bonchev–Trinajstić information content (AvgIpc) is 3.07. The lowest BCUT2D eigenvalue weighted by Crippen LogP contribution is -2.45. The molecule has 0 aliphatic carbocycles. The number of rotatable bonds is 37. The first kappa shape index (κ1) is 49.7. The van der Waals surface area contributed by atoms with Gasteiger partial charge in [0.2, 0.25) is 5.91 Å². The third kappa shape index (κ3) is 36.9. The maximum atomic E-state index is 12.7. The number of allylic oxidation sites excluding steroid dienone is 5. The van der Waals surface area contributed by atoms with E-state index in [4.69, 9.17) is 9.05 Å². The Kier molecular flexibility index (Phi) is 33.6. The minimum atomic E-state index is -4.33. The zero-order valence-corrected chi connectivity index (χ0v) is 34.7. The van der Waals surface area contributed by atoms with Crippen LogP contribution in [0.2, 0.25) is 0 Å². The van der Waals surface area contributed by atoms with Gasteiger partial charge in [0.25, 0.3) is 0 Å². The number of likely N-dealkylation sites (N-methyl/N-ethyl adjacent to an activating group) is 1. The van der Waals surface area contributed by atoms with E-state index < -0.39 is 20.0 Å². The van der Waals surface area contributed by atoms with Crippen LogP contribution in [0.3, 0.4) is 0 Å². The number of phosphoric acid groups is 1. The molecule has 0 aliphatic heterocycles. The molecule has 0 saturated heterocycles. The predicted molar refractivity (Wildman–Crippen MR) is 217 cm³/mol. The standard InChI is InChI=1S/C42H81N2O6P/c1-6-8-10-12-14-15-16-17-18-19-20-21-22-23-24-25-26-27-28-29-30-31-33-35-41(45)40(43-42(46)36-34-32-13-11-9-7-2)39-50-51(47,48)49-38-37-44(3,4)5/h24-25,28-29,33,35,40-41,45H,6-23,26-27,30-32,34,36-39H2,1-5H3,(H-,43,46,47,48)/p+1/b25-24+,29-28+,35-33+. The molecular formula is C42H82N2O6P+. The quantitative estimate of drug-likeness (QED) is 0.0253. The maximum absolute atomic E-state index is 12.7. The molecule has 3 N–H and O–H groups in total. The molecule has 0 aliphatic rings. The second kappa shape index (κ2) is 34.5. The lowest BCUT2D eigenvalue weighted by atomic mass is 10.0. The normalized spacial score (nSPS) is 14.9. The smallest absolute Gasteiger partial charge is 0.387 e. The van der Waals surface area contributed by atoms with Crippen molar-refractivity contribution in [3.05, 3.63) is 36.5 Å². The SMILES string of the molecule is CCCCCCCCCCCCCCC/C=C/CC/C=C/CC/C=C/C(O)C(COP(=O)(O)OCC[N+](C)(C)C)NC(=O)CCCCCCCC. The maximum Gasteiger partial charge on any atom is 0.472 e. The number of unbranched alkanes of at least 4 members (excludes halogenated alkanes) is 20. The summed E-state index contributed by atoms with van der Waals surface area (Å²) in [5.74, 6) is -0.202. The molecule has 0 aromatic carbocycles. The number of hydrogen-bond acceptors (Lipinski definition) is 5. The van der Waals surface area contributed by atoms with Crippen LogP contribution in [0.1, 0.15) is 174 Å². The van der Waals surface area contributed by atoms with Crippen LogP contribution in [-0.2, 0) is 18.4 Å². The monoisotopic (exact) mass is 742 g/mol. The summed E-state index contributed by atoms with van der Waals surface area (Å²) in [6.07, 6.45) is 41.1. The predicted octanol–water partition coefficient (Wildman–Crippen LogP) is 11.1. The summed E-state index contributed by atoms with van der Waals surface area (Å²) in [5, 5.41) is 13.7. The fraction of sp³-hybridized carbons (Fsp3) is 0.833. The van der Waals surface area contributed by atoms with E-state index >= 15 is 0 Å². The zero-order valence-electron chi connectivity index (χ0n) is 33.8. The Morgan fingerprint density at radius 3 is 1.57 bits per heavy atom. The van der Waals surface area contributed by atoms with Gasteiger partial charge >= 0.3 is 7.82 Å². The molecule has 3 unspecified atom stereocenters.